The van der Waals surface area contributed by atoms with E-state index in [0.717, 1.165) is 5.01 Å². The van der Waals surface area contributed by atoms with E-state index in [-0.39, 0.29) is 6.04 Å². The fourth-order valence-corrected chi connectivity index (χ4v) is 1.69. The molecule has 0 aliphatic heterocycles. The van der Waals surface area contributed by atoms with Crippen LogP contribution in [0.4, 0.5) is 11.9 Å². The fraction of sp³-hybridized carbons (Fsp3) is 0.286. The van der Waals surface area contributed by atoms with Gasteiger partial charge < -0.3 is 11.1 Å². The number of thiazole rings is 1. The van der Waals surface area contributed by atoms with E-state index in [1.807, 2.05) is 12.3 Å². The minimum atomic E-state index is 0.0881. The van der Waals surface area contributed by atoms with Crippen LogP contribution in [0.15, 0.2) is 11.6 Å². The van der Waals surface area contributed by atoms with Crippen molar-refractivity contribution < 1.29 is 0 Å². The zero-order valence-electron chi connectivity index (χ0n) is 7.56. The molecule has 2 aromatic heterocycles. The molecule has 0 aliphatic rings. The molecule has 0 saturated carbocycles. The maximum atomic E-state index is 5.39. The summed E-state index contributed by atoms with van der Waals surface area (Å²) in [5, 5.41) is 12.4. The first-order chi connectivity index (χ1) is 6.75. The number of nitrogens with one attached hydrogen (secondary N) is 2. The minimum absolute atomic E-state index is 0.0881. The van der Waals surface area contributed by atoms with Crippen LogP contribution in [0.2, 0.25) is 0 Å². The summed E-state index contributed by atoms with van der Waals surface area (Å²) in [5.74, 6) is 0.795. The van der Waals surface area contributed by atoms with Crippen molar-refractivity contribution >= 4 is 23.2 Å². The van der Waals surface area contributed by atoms with Crippen LogP contribution in [0.5, 0.6) is 0 Å². The second-order valence-corrected chi connectivity index (χ2v) is 3.71. The molecular weight excluding hydrogens is 200 g/mol. The summed E-state index contributed by atoms with van der Waals surface area (Å²) in [7, 11) is 0. The van der Waals surface area contributed by atoms with E-state index in [2.05, 4.69) is 25.5 Å². The number of anilines is 2. The van der Waals surface area contributed by atoms with Crippen LogP contribution >= 0.6 is 11.3 Å². The number of hydrogen-bond acceptors (Lipinski definition) is 6. The molecule has 1 unspecified atom stereocenters. The van der Waals surface area contributed by atoms with Gasteiger partial charge in [0.25, 0.3) is 0 Å². The summed E-state index contributed by atoms with van der Waals surface area (Å²) in [5.41, 5.74) is 5.39. The van der Waals surface area contributed by atoms with Crippen LogP contribution < -0.4 is 11.1 Å². The van der Waals surface area contributed by atoms with Gasteiger partial charge in [-0.1, -0.05) is 0 Å². The topological polar surface area (TPSA) is 92.5 Å². The third kappa shape index (κ3) is 1.82. The van der Waals surface area contributed by atoms with E-state index in [1.165, 1.54) is 0 Å². The average molecular weight is 210 g/mol. The maximum Gasteiger partial charge on any atom is 0.244 e. The van der Waals surface area contributed by atoms with Gasteiger partial charge in [-0.15, -0.1) is 16.4 Å². The lowest BCUT2D eigenvalue weighted by molar-refractivity contribution is 0.850. The molecule has 2 rings (SSSR count). The lowest BCUT2D eigenvalue weighted by Gasteiger charge is -2.07. The monoisotopic (exact) mass is 210 g/mol. The van der Waals surface area contributed by atoms with Crippen LogP contribution in [0, 0.1) is 0 Å². The first kappa shape index (κ1) is 8.95. The van der Waals surface area contributed by atoms with E-state index >= 15 is 0 Å². The Morgan fingerprint density at radius 3 is 3.07 bits per heavy atom. The van der Waals surface area contributed by atoms with Gasteiger partial charge in [-0.25, -0.2) is 10.1 Å². The highest BCUT2D eigenvalue weighted by Crippen LogP contribution is 2.18. The molecule has 14 heavy (non-hydrogen) atoms. The first-order valence-corrected chi connectivity index (χ1v) is 4.97. The molecule has 0 saturated heterocycles. The molecule has 4 N–H and O–H groups in total. The van der Waals surface area contributed by atoms with E-state index in [0.29, 0.717) is 11.9 Å². The number of hydrogen-bond donors (Lipinski definition) is 3. The molecule has 0 aromatic carbocycles. The molecule has 74 valence electrons. The van der Waals surface area contributed by atoms with Gasteiger partial charge in [0, 0.05) is 11.6 Å². The van der Waals surface area contributed by atoms with E-state index < -0.39 is 0 Å². The number of aromatic nitrogens is 4. The summed E-state index contributed by atoms with van der Waals surface area (Å²) in [6.45, 7) is 1.99. The molecule has 0 fully saturated rings. The lowest BCUT2D eigenvalue weighted by atomic mass is 10.4. The van der Waals surface area contributed by atoms with E-state index in [9.17, 15) is 0 Å². The Hall–Kier alpha value is -1.63. The quantitative estimate of drug-likeness (QED) is 0.703. The van der Waals surface area contributed by atoms with Crippen LogP contribution in [-0.4, -0.2) is 20.2 Å². The van der Waals surface area contributed by atoms with Gasteiger partial charge >= 0.3 is 0 Å². The number of aromatic amines is 1. The number of nitrogens with zero attached hydrogens (tertiary/aromatic N) is 3. The molecule has 0 amide bonds. The highest BCUT2D eigenvalue weighted by Gasteiger charge is 2.09. The van der Waals surface area contributed by atoms with Gasteiger partial charge in [0.2, 0.25) is 11.9 Å². The first-order valence-electron chi connectivity index (χ1n) is 4.09. The molecular formula is C7H10N6S. The van der Waals surface area contributed by atoms with Gasteiger partial charge in [0.15, 0.2) is 0 Å². The second-order valence-electron chi connectivity index (χ2n) is 2.78. The molecule has 0 bridgehead atoms. The van der Waals surface area contributed by atoms with Crippen LogP contribution in [0.25, 0.3) is 0 Å². The van der Waals surface area contributed by atoms with Crippen molar-refractivity contribution in [2.45, 2.75) is 13.0 Å². The Labute approximate surface area is 84.6 Å². The summed E-state index contributed by atoms with van der Waals surface area (Å²) in [6, 6.07) is 0.0881. The predicted octanol–water partition coefficient (Wildman–Crippen LogP) is 1.02. The highest BCUT2D eigenvalue weighted by molar-refractivity contribution is 7.09. The summed E-state index contributed by atoms with van der Waals surface area (Å²) < 4.78 is 0. The third-order valence-corrected chi connectivity index (χ3v) is 2.63. The molecule has 6 nitrogen and oxygen atoms in total. The zero-order valence-corrected chi connectivity index (χ0v) is 8.38. The van der Waals surface area contributed by atoms with Crippen molar-refractivity contribution in [3.63, 3.8) is 0 Å². The molecule has 0 radical (unpaired) electrons. The second kappa shape index (κ2) is 3.62. The number of rotatable bonds is 3. The van der Waals surface area contributed by atoms with Gasteiger partial charge in [-0.2, -0.15) is 4.98 Å². The lowest BCUT2D eigenvalue weighted by Crippen LogP contribution is -2.07. The summed E-state index contributed by atoms with van der Waals surface area (Å²) in [6.07, 6.45) is 1.77. The standard InChI is InChI=1S/C7H10N6S/c1-4(5-9-2-3-14-5)10-7-11-6(8)12-13-7/h2-4H,1H3,(H4,8,10,11,12,13). The Morgan fingerprint density at radius 1 is 1.64 bits per heavy atom. The molecule has 0 spiro atoms. The fourth-order valence-electron chi connectivity index (χ4n) is 1.04. The van der Waals surface area contributed by atoms with Crippen LogP contribution in [0.1, 0.15) is 18.0 Å². The van der Waals surface area contributed by atoms with Crippen LogP contribution in [0.3, 0.4) is 0 Å². The molecule has 1 atom stereocenters. The van der Waals surface area contributed by atoms with Gasteiger partial charge in [0.05, 0.1) is 6.04 Å². The van der Waals surface area contributed by atoms with Crippen molar-refractivity contribution in [3.8, 4) is 0 Å². The van der Waals surface area contributed by atoms with E-state index in [4.69, 9.17) is 5.73 Å². The molecule has 2 aromatic rings. The Balaban J connectivity index is 2.05. The summed E-state index contributed by atoms with van der Waals surface area (Å²) >= 11 is 1.59. The number of nitrogens with two attached hydrogens (primary N) is 1. The molecule has 0 aliphatic carbocycles. The molecule has 7 heteroatoms. The predicted molar refractivity (Wildman–Crippen MR) is 54.9 cm³/mol. The largest absolute Gasteiger partial charge is 0.368 e. The maximum absolute atomic E-state index is 5.39. The van der Waals surface area contributed by atoms with E-state index in [1.54, 1.807) is 17.5 Å². The SMILES string of the molecule is CC(Nc1n[nH]c(N)n1)c1nccs1. The summed E-state index contributed by atoms with van der Waals surface area (Å²) in [4.78, 5) is 8.12. The minimum Gasteiger partial charge on any atom is -0.368 e. The normalized spacial score (nSPS) is 12.6. The Kier molecular flexibility index (Phi) is 2.32. The number of nitrogen functional groups attached to an aromatic ring is 1. The van der Waals surface area contributed by atoms with Crippen LogP contribution in [-0.2, 0) is 0 Å². The van der Waals surface area contributed by atoms with Crippen molar-refractivity contribution in [2.24, 2.45) is 0 Å². The average Bonchev–Trinajstić information content (AvgIpc) is 2.75. The van der Waals surface area contributed by atoms with Crippen molar-refractivity contribution in [1.29, 1.82) is 0 Å². The highest BCUT2D eigenvalue weighted by atomic mass is 32.1. The van der Waals surface area contributed by atoms with Gasteiger partial charge in [-0.3, -0.25) is 0 Å². The van der Waals surface area contributed by atoms with Gasteiger partial charge in [0.1, 0.15) is 5.01 Å². The van der Waals surface area contributed by atoms with Crippen molar-refractivity contribution in [2.75, 3.05) is 11.1 Å². The third-order valence-electron chi connectivity index (χ3n) is 1.67. The molecule has 2 heterocycles. The van der Waals surface area contributed by atoms with Gasteiger partial charge in [-0.05, 0) is 6.92 Å². The van der Waals surface area contributed by atoms with Crippen molar-refractivity contribution in [1.82, 2.24) is 20.2 Å². The Bertz CT molecular complexity index is 394. The Morgan fingerprint density at radius 2 is 2.50 bits per heavy atom. The number of H-pyrrole nitrogens is 1. The smallest absolute Gasteiger partial charge is 0.244 e. The van der Waals surface area contributed by atoms with Crippen molar-refractivity contribution in [3.05, 3.63) is 16.6 Å². The zero-order chi connectivity index (χ0) is 9.97.